The van der Waals surface area contributed by atoms with Crippen molar-refractivity contribution in [1.29, 1.82) is 0 Å². The monoisotopic (exact) mass is 572 g/mol. The summed E-state index contributed by atoms with van der Waals surface area (Å²) in [4.78, 5) is 11.4. The summed E-state index contributed by atoms with van der Waals surface area (Å²) < 4.78 is 27.4. The minimum absolute atomic E-state index is 0.122. The second kappa shape index (κ2) is 16.7. The first kappa shape index (κ1) is 34.5. The molecular formula is C29H48O11. The summed E-state index contributed by atoms with van der Waals surface area (Å²) in [5.74, 6) is -0.690. The van der Waals surface area contributed by atoms with Gasteiger partial charge in [0.2, 0.25) is 0 Å². The Morgan fingerprint density at radius 2 is 1.32 bits per heavy atom. The van der Waals surface area contributed by atoms with Crippen LogP contribution in [0, 0.1) is 0 Å². The highest BCUT2D eigenvalue weighted by atomic mass is 16.7. The molecule has 5 N–H and O–H groups in total. The van der Waals surface area contributed by atoms with Gasteiger partial charge in [0.15, 0.2) is 18.7 Å². The van der Waals surface area contributed by atoms with E-state index in [1.54, 1.807) is 0 Å². The van der Waals surface area contributed by atoms with Crippen molar-refractivity contribution >= 4 is 5.97 Å². The first-order chi connectivity index (χ1) is 18.8. The van der Waals surface area contributed by atoms with Crippen molar-refractivity contribution in [3.8, 4) is 0 Å². The first-order valence-corrected chi connectivity index (χ1v) is 13.9. The van der Waals surface area contributed by atoms with E-state index >= 15 is 0 Å². The molecule has 0 spiro atoms. The standard InChI is InChI=1S/C29H48O11/c1-16(2)9-7-10-17(3)11-8-12-18(4)13-14-36-28-25(34)24(33)23(32)21(40-28)15-37-29-26(35)27(39-20(6)30)22(31)19(5)38-29/h9,11,13,19,21-29,31-35H,7-8,10,12,14-15H2,1-6H3. The van der Waals surface area contributed by atoms with E-state index in [2.05, 4.69) is 32.9 Å². The Bertz CT molecular complexity index is 881. The maximum atomic E-state index is 11.4. The summed E-state index contributed by atoms with van der Waals surface area (Å²) in [6.07, 6.45) is -2.96. The van der Waals surface area contributed by atoms with Crippen LogP contribution < -0.4 is 0 Å². The summed E-state index contributed by atoms with van der Waals surface area (Å²) in [6.45, 7) is 10.8. The van der Waals surface area contributed by atoms with Gasteiger partial charge < -0.3 is 49.2 Å². The summed E-state index contributed by atoms with van der Waals surface area (Å²) in [7, 11) is 0. The average molecular weight is 573 g/mol. The van der Waals surface area contributed by atoms with E-state index in [1.807, 2.05) is 13.0 Å². The van der Waals surface area contributed by atoms with Crippen LogP contribution in [-0.2, 0) is 28.5 Å². The van der Waals surface area contributed by atoms with Gasteiger partial charge in [0.1, 0.15) is 36.6 Å². The molecule has 0 aromatic carbocycles. The van der Waals surface area contributed by atoms with Crippen LogP contribution in [0.15, 0.2) is 34.9 Å². The van der Waals surface area contributed by atoms with Gasteiger partial charge in [-0.15, -0.1) is 0 Å². The third-order valence-corrected chi connectivity index (χ3v) is 6.99. The molecule has 0 amide bonds. The van der Waals surface area contributed by atoms with Gasteiger partial charge in [-0.25, -0.2) is 0 Å². The number of rotatable bonds is 13. The maximum absolute atomic E-state index is 11.4. The Morgan fingerprint density at radius 1 is 0.725 bits per heavy atom. The Kier molecular flexibility index (Phi) is 14.4. The maximum Gasteiger partial charge on any atom is 0.303 e. The highest BCUT2D eigenvalue weighted by Gasteiger charge is 2.48. The van der Waals surface area contributed by atoms with Gasteiger partial charge in [-0.2, -0.15) is 0 Å². The molecule has 230 valence electrons. The van der Waals surface area contributed by atoms with Crippen molar-refractivity contribution in [1.82, 2.24) is 0 Å². The molecule has 0 saturated carbocycles. The van der Waals surface area contributed by atoms with Crippen LogP contribution in [0.1, 0.15) is 67.2 Å². The molecule has 0 radical (unpaired) electrons. The minimum Gasteiger partial charge on any atom is -0.457 e. The van der Waals surface area contributed by atoms with Crippen molar-refractivity contribution in [2.45, 2.75) is 129 Å². The number of allylic oxidation sites excluding steroid dienone is 5. The van der Waals surface area contributed by atoms with Crippen molar-refractivity contribution in [3.63, 3.8) is 0 Å². The summed E-state index contributed by atoms with van der Waals surface area (Å²) in [5, 5.41) is 51.8. The molecule has 2 rings (SSSR count). The summed E-state index contributed by atoms with van der Waals surface area (Å²) in [5.41, 5.74) is 3.77. The topological polar surface area (TPSA) is 164 Å². The molecule has 0 aliphatic carbocycles. The van der Waals surface area contributed by atoms with E-state index < -0.39 is 67.4 Å². The molecule has 11 nitrogen and oxygen atoms in total. The lowest BCUT2D eigenvalue weighted by Gasteiger charge is -2.43. The predicted octanol–water partition coefficient (Wildman–Crippen LogP) is 1.64. The minimum atomic E-state index is -1.57. The SMILES string of the molecule is CC(=O)OC1C(O)C(C)OC(OCC2OC(OCC=C(C)CCC=C(C)CCC=C(C)C)C(O)C(O)C2O)C1O. The number of ether oxygens (including phenoxy) is 5. The first-order valence-electron chi connectivity index (χ1n) is 13.9. The Balaban J connectivity index is 1.87. The number of aliphatic hydroxyl groups excluding tert-OH is 5. The summed E-state index contributed by atoms with van der Waals surface area (Å²) >= 11 is 0. The van der Waals surface area contributed by atoms with Gasteiger partial charge in [0, 0.05) is 6.92 Å². The molecule has 2 fully saturated rings. The smallest absolute Gasteiger partial charge is 0.303 e. The van der Waals surface area contributed by atoms with E-state index in [4.69, 9.17) is 23.7 Å². The number of carbonyl (C=O) groups excluding carboxylic acids is 1. The van der Waals surface area contributed by atoms with Gasteiger partial charge in [0.05, 0.1) is 19.3 Å². The molecule has 10 unspecified atom stereocenters. The van der Waals surface area contributed by atoms with Crippen molar-refractivity contribution in [2.75, 3.05) is 13.2 Å². The van der Waals surface area contributed by atoms with Crippen LogP contribution in [0.25, 0.3) is 0 Å². The van der Waals surface area contributed by atoms with Crippen LogP contribution >= 0.6 is 0 Å². The van der Waals surface area contributed by atoms with Crippen LogP contribution in [0.5, 0.6) is 0 Å². The van der Waals surface area contributed by atoms with Gasteiger partial charge in [0.25, 0.3) is 0 Å². The number of hydrogen-bond donors (Lipinski definition) is 5. The van der Waals surface area contributed by atoms with Gasteiger partial charge in [-0.05, 0) is 60.3 Å². The molecule has 2 heterocycles. The Labute approximate surface area is 237 Å². The highest BCUT2D eigenvalue weighted by molar-refractivity contribution is 5.66. The molecule has 10 atom stereocenters. The van der Waals surface area contributed by atoms with Crippen molar-refractivity contribution < 1.29 is 54.0 Å². The zero-order chi connectivity index (χ0) is 30.0. The van der Waals surface area contributed by atoms with Crippen LogP contribution in [-0.4, -0.2) is 106 Å². The zero-order valence-electron chi connectivity index (χ0n) is 24.4. The van der Waals surface area contributed by atoms with Crippen molar-refractivity contribution in [3.05, 3.63) is 34.9 Å². The van der Waals surface area contributed by atoms with Crippen LogP contribution in [0.2, 0.25) is 0 Å². The molecule has 2 aliphatic rings. The molecule has 11 heteroatoms. The Hall–Kier alpha value is -1.67. The molecule has 0 bridgehead atoms. The van der Waals surface area contributed by atoms with Gasteiger partial charge in [-0.1, -0.05) is 34.9 Å². The lowest BCUT2D eigenvalue weighted by molar-refractivity contribution is -0.327. The number of hydrogen-bond acceptors (Lipinski definition) is 11. The number of aliphatic hydroxyl groups is 5. The fourth-order valence-electron chi connectivity index (χ4n) is 4.47. The van der Waals surface area contributed by atoms with E-state index in [0.717, 1.165) is 38.2 Å². The van der Waals surface area contributed by atoms with E-state index in [0.29, 0.717) is 0 Å². The lowest BCUT2D eigenvalue weighted by atomic mass is 9.98. The summed E-state index contributed by atoms with van der Waals surface area (Å²) in [6, 6.07) is 0. The average Bonchev–Trinajstić information content (AvgIpc) is 2.88. The molecule has 0 aromatic rings. The largest absolute Gasteiger partial charge is 0.457 e. The second-order valence-electron chi connectivity index (χ2n) is 10.9. The fraction of sp³-hybridized carbons (Fsp3) is 0.759. The van der Waals surface area contributed by atoms with E-state index in [9.17, 15) is 30.3 Å². The van der Waals surface area contributed by atoms with E-state index in [-0.39, 0.29) is 13.2 Å². The van der Waals surface area contributed by atoms with Gasteiger partial charge in [-0.3, -0.25) is 4.79 Å². The predicted molar refractivity (Wildman–Crippen MR) is 146 cm³/mol. The second-order valence-corrected chi connectivity index (χ2v) is 10.9. The zero-order valence-corrected chi connectivity index (χ0v) is 24.4. The number of esters is 1. The van der Waals surface area contributed by atoms with Crippen LogP contribution in [0.4, 0.5) is 0 Å². The number of carbonyl (C=O) groups is 1. The highest BCUT2D eigenvalue weighted by Crippen LogP contribution is 2.27. The van der Waals surface area contributed by atoms with Gasteiger partial charge >= 0.3 is 5.97 Å². The quantitative estimate of drug-likeness (QED) is 0.161. The molecule has 40 heavy (non-hydrogen) atoms. The normalized spacial score (nSPS) is 35.4. The lowest BCUT2D eigenvalue weighted by Crippen LogP contribution is -2.61. The fourth-order valence-corrected chi connectivity index (χ4v) is 4.47. The Morgan fingerprint density at radius 3 is 1.95 bits per heavy atom. The third-order valence-electron chi connectivity index (χ3n) is 6.99. The van der Waals surface area contributed by atoms with Crippen molar-refractivity contribution in [2.24, 2.45) is 0 Å². The molecular weight excluding hydrogens is 524 g/mol. The van der Waals surface area contributed by atoms with E-state index in [1.165, 1.54) is 18.1 Å². The molecule has 2 aliphatic heterocycles. The van der Waals surface area contributed by atoms with Crippen LogP contribution in [0.3, 0.4) is 0 Å². The third kappa shape index (κ3) is 10.6. The molecule has 2 saturated heterocycles. The molecule has 0 aromatic heterocycles.